The average Bonchev–Trinajstić information content (AvgIpc) is 2.40. The second kappa shape index (κ2) is 10.4. The van der Waals surface area contributed by atoms with E-state index in [2.05, 4.69) is 46.1 Å². The predicted molar refractivity (Wildman–Crippen MR) is 86.5 cm³/mol. The lowest BCUT2D eigenvalue weighted by Crippen LogP contribution is -2.31. The monoisotopic (exact) mass is 326 g/mol. The van der Waals surface area contributed by atoms with Crippen LogP contribution in [0, 0.1) is 0 Å². The zero-order valence-corrected chi connectivity index (χ0v) is 13.9. The quantitative estimate of drug-likeness (QED) is 0.629. The Hall–Kier alpha value is -0.410. The van der Waals surface area contributed by atoms with E-state index >= 15 is 0 Å². The number of pyridine rings is 1. The van der Waals surface area contributed by atoms with Crippen molar-refractivity contribution in [3.05, 3.63) is 28.5 Å². The summed E-state index contributed by atoms with van der Waals surface area (Å²) in [5, 5.41) is 3.67. The van der Waals surface area contributed by atoms with Crippen LogP contribution >= 0.6 is 15.9 Å². The van der Waals surface area contributed by atoms with Crippen LogP contribution in [0.15, 0.2) is 22.9 Å². The maximum Gasteiger partial charge on any atom is 0.0410 e. The highest BCUT2D eigenvalue weighted by atomic mass is 79.9. The van der Waals surface area contributed by atoms with Crippen molar-refractivity contribution in [1.29, 1.82) is 0 Å². The molecular formula is C16H27BrN2. The SMILES string of the molecule is CCCCCCC(Cc1cncc(Br)c1)NCCC. The molecule has 0 saturated heterocycles. The third kappa shape index (κ3) is 7.68. The summed E-state index contributed by atoms with van der Waals surface area (Å²) in [4.78, 5) is 4.25. The zero-order valence-electron chi connectivity index (χ0n) is 12.3. The Morgan fingerprint density at radius 1 is 1.16 bits per heavy atom. The van der Waals surface area contributed by atoms with Crippen molar-refractivity contribution in [2.75, 3.05) is 6.54 Å². The minimum atomic E-state index is 0.591. The molecule has 0 spiro atoms. The molecule has 0 aromatic carbocycles. The molecule has 0 radical (unpaired) electrons. The molecule has 1 atom stereocenters. The van der Waals surface area contributed by atoms with Crippen LogP contribution < -0.4 is 5.32 Å². The fourth-order valence-corrected chi connectivity index (χ4v) is 2.71. The molecule has 0 fully saturated rings. The summed E-state index contributed by atoms with van der Waals surface area (Å²) < 4.78 is 1.07. The van der Waals surface area contributed by atoms with Gasteiger partial charge in [0.2, 0.25) is 0 Å². The van der Waals surface area contributed by atoms with E-state index in [1.165, 1.54) is 44.1 Å². The first kappa shape index (κ1) is 16.6. The Morgan fingerprint density at radius 3 is 2.68 bits per heavy atom. The van der Waals surface area contributed by atoms with Crippen molar-refractivity contribution in [3.63, 3.8) is 0 Å². The largest absolute Gasteiger partial charge is 0.314 e. The topological polar surface area (TPSA) is 24.9 Å². The lowest BCUT2D eigenvalue weighted by molar-refractivity contribution is 0.452. The van der Waals surface area contributed by atoms with Crippen LogP contribution in [0.3, 0.4) is 0 Å². The highest BCUT2D eigenvalue weighted by Crippen LogP contribution is 2.14. The molecule has 1 N–H and O–H groups in total. The zero-order chi connectivity index (χ0) is 13.9. The average molecular weight is 327 g/mol. The molecule has 1 aromatic rings. The van der Waals surface area contributed by atoms with E-state index in [-0.39, 0.29) is 0 Å². The summed E-state index contributed by atoms with van der Waals surface area (Å²) in [6, 6.07) is 2.77. The summed E-state index contributed by atoms with van der Waals surface area (Å²) in [6.45, 7) is 5.60. The van der Waals surface area contributed by atoms with E-state index in [0.717, 1.165) is 17.4 Å². The van der Waals surface area contributed by atoms with Gasteiger partial charge in [0.15, 0.2) is 0 Å². The molecule has 3 heteroatoms. The predicted octanol–water partition coefficient (Wildman–Crippen LogP) is 4.73. The summed E-state index contributed by atoms with van der Waals surface area (Å²) in [5.41, 5.74) is 1.32. The Balaban J connectivity index is 2.43. The number of aromatic nitrogens is 1. The summed E-state index contributed by atoms with van der Waals surface area (Å²) in [6.07, 6.45) is 12.7. The van der Waals surface area contributed by atoms with E-state index in [4.69, 9.17) is 0 Å². The van der Waals surface area contributed by atoms with Gasteiger partial charge in [-0.25, -0.2) is 0 Å². The third-order valence-corrected chi connectivity index (χ3v) is 3.77. The molecule has 0 amide bonds. The molecule has 1 rings (SSSR count). The van der Waals surface area contributed by atoms with Crippen molar-refractivity contribution in [1.82, 2.24) is 10.3 Å². The van der Waals surface area contributed by atoms with E-state index in [1.807, 2.05) is 12.4 Å². The molecule has 0 bridgehead atoms. The number of hydrogen-bond donors (Lipinski definition) is 1. The Labute approximate surface area is 126 Å². The van der Waals surface area contributed by atoms with Crippen molar-refractivity contribution < 1.29 is 0 Å². The third-order valence-electron chi connectivity index (χ3n) is 3.33. The fraction of sp³-hybridized carbons (Fsp3) is 0.688. The maximum absolute atomic E-state index is 4.25. The van der Waals surface area contributed by atoms with Crippen molar-refractivity contribution in [2.45, 2.75) is 64.8 Å². The van der Waals surface area contributed by atoms with Gasteiger partial charge in [0.1, 0.15) is 0 Å². The minimum Gasteiger partial charge on any atom is -0.314 e. The lowest BCUT2D eigenvalue weighted by atomic mass is 10.0. The second-order valence-corrected chi connectivity index (χ2v) is 6.13. The second-order valence-electron chi connectivity index (χ2n) is 5.22. The Morgan fingerprint density at radius 2 is 2.00 bits per heavy atom. The lowest BCUT2D eigenvalue weighted by Gasteiger charge is -2.18. The Bertz CT molecular complexity index is 341. The van der Waals surface area contributed by atoms with E-state index in [9.17, 15) is 0 Å². The van der Waals surface area contributed by atoms with Gasteiger partial charge in [0.05, 0.1) is 0 Å². The molecule has 1 heterocycles. The van der Waals surface area contributed by atoms with E-state index in [0.29, 0.717) is 6.04 Å². The van der Waals surface area contributed by atoms with Crippen LogP contribution in [0.25, 0.3) is 0 Å². The van der Waals surface area contributed by atoms with Crippen LogP contribution in [0.2, 0.25) is 0 Å². The van der Waals surface area contributed by atoms with Gasteiger partial charge in [-0.05, 0) is 53.4 Å². The highest BCUT2D eigenvalue weighted by molar-refractivity contribution is 9.10. The molecule has 1 unspecified atom stereocenters. The van der Waals surface area contributed by atoms with Gasteiger partial charge in [-0.1, -0.05) is 39.5 Å². The summed E-state index contributed by atoms with van der Waals surface area (Å²) >= 11 is 3.50. The van der Waals surface area contributed by atoms with Crippen LogP contribution in [-0.4, -0.2) is 17.6 Å². The van der Waals surface area contributed by atoms with Gasteiger partial charge in [0.25, 0.3) is 0 Å². The smallest absolute Gasteiger partial charge is 0.0410 e. The van der Waals surface area contributed by atoms with Crippen molar-refractivity contribution in [2.24, 2.45) is 0 Å². The number of rotatable bonds is 10. The van der Waals surface area contributed by atoms with Crippen LogP contribution in [0.4, 0.5) is 0 Å². The standard InChI is InChI=1S/C16H27BrN2/c1-3-5-6-7-8-16(19-9-4-2)11-14-10-15(17)13-18-12-14/h10,12-13,16,19H,3-9,11H2,1-2H3. The minimum absolute atomic E-state index is 0.591. The van der Waals surface area contributed by atoms with Crippen LogP contribution in [-0.2, 0) is 6.42 Å². The van der Waals surface area contributed by atoms with E-state index < -0.39 is 0 Å². The fourth-order valence-electron chi connectivity index (χ4n) is 2.29. The number of unbranched alkanes of at least 4 members (excludes halogenated alkanes) is 3. The number of halogens is 1. The summed E-state index contributed by atoms with van der Waals surface area (Å²) in [7, 11) is 0. The van der Waals surface area contributed by atoms with Crippen LogP contribution in [0.5, 0.6) is 0 Å². The maximum atomic E-state index is 4.25. The molecule has 0 saturated carbocycles. The molecule has 1 aromatic heterocycles. The molecule has 2 nitrogen and oxygen atoms in total. The normalized spacial score (nSPS) is 12.6. The summed E-state index contributed by atoms with van der Waals surface area (Å²) in [5.74, 6) is 0. The first-order valence-corrected chi connectivity index (χ1v) is 8.38. The van der Waals surface area contributed by atoms with Gasteiger partial charge < -0.3 is 5.32 Å². The van der Waals surface area contributed by atoms with Crippen LogP contribution in [0.1, 0.15) is 57.9 Å². The Kier molecular flexibility index (Phi) is 9.10. The number of nitrogens with zero attached hydrogens (tertiary/aromatic N) is 1. The molecule has 108 valence electrons. The van der Waals surface area contributed by atoms with Crippen molar-refractivity contribution in [3.8, 4) is 0 Å². The first-order valence-electron chi connectivity index (χ1n) is 7.59. The molecular weight excluding hydrogens is 300 g/mol. The molecule has 0 aliphatic rings. The van der Waals surface area contributed by atoms with Gasteiger partial charge in [0, 0.05) is 22.9 Å². The molecule has 0 aliphatic carbocycles. The molecule has 0 aliphatic heterocycles. The highest BCUT2D eigenvalue weighted by Gasteiger charge is 2.09. The number of hydrogen-bond acceptors (Lipinski definition) is 2. The van der Waals surface area contributed by atoms with Gasteiger partial charge in [-0.3, -0.25) is 4.98 Å². The van der Waals surface area contributed by atoms with Gasteiger partial charge >= 0.3 is 0 Å². The molecule has 19 heavy (non-hydrogen) atoms. The van der Waals surface area contributed by atoms with E-state index in [1.54, 1.807) is 0 Å². The van der Waals surface area contributed by atoms with Crippen molar-refractivity contribution >= 4 is 15.9 Å². The van der Waals surface area contributed by atoms with Gasteiger partial charge in [-0.2, -0.15) is 0 Å². The first-order chi connectivity index (χ1) is 9.26. The number of nitrogens with one attached hydrogen (secondary N) is 1. The van der Waals surface area contributed by atoms with Gasteiger partial charge in [-0.15, -0.1) is 0 Å².